The summed E-state index contributed by atoms with van der Waals surface area (Å²) in [7, 11) is -1.61. The van der Waals surface area contributed by atoms with Gasteiger partial charge < -0.3 is 5.32 Å². The van der Waals surface area contributed by atoms with Crippen molar-refractivity contribution < 1.29 is 8.42 Å². The van der Waals surface area contributed by atoms with Crippen LogP contribution in [0.25, 0.3) is 0 Å². The quantitative estimate of drug-likeness (QED) is 0.878. The van der Waals surface area contributed by atoms with Crippen molar-refractivity contribution in [2.75, 3.05) is 13.6 Å². The van der Waals surface area contributed by atoms with Crippen molar-refractivity contribution in [1.82, 2.24) is 9.62 Å². The summed E-state index contributed by atoms with van der Waals surface area (Å²) in [5.41, 5.74) is 0. The number of thiophene rings is 1. The predicted octanol–water partition coefficient (Wildman–Crippen LogP) is 2.42. The molecule has 1 aromatic rings. The van der Waals surface area contributed by atoms with Gasteiger partial charge in [0.25, 0.3) is 0 Å². The summed E-state index contributed by atoms with van der Waals surface area (Å²) < 4.78 is 26.9. The van der Waals surface area contributed by atoms with Gasteiger partial charge in [0.2, 0.25) is 10.0 Å². The molecule has 1 aliphatic carbocycles. The van der Waals surface area contributed by atoms with Crippen LogP contribution >= 0.6 is 11.3 Å². The standard InChI is InChI=1S/C13H22N2O2S2/c1-3-14-10-12-13(8-9-18-12)19(16,17)15(2)11-6-4-5-7-11/h8-9,11,14H,3-7,10H2,1-2H3. The Hall–Kier alpha value is -0.430. The first kappa shape index (κ1) is 15.0. The molecule has 0 saturated heterocycles. The van der Waals surface area contributed by atoms with Crippen LogP contribution < -0.4 is 5.32 Å². The smallest absolute Gasteiger partial charge is 0.244 e. The lowest BCUT2D eigenvalue weighted by atomic mass is 10.3. The van der Waals surface area contributed by atoms with Crippen LogP contribution in [0.15, 0.2) is 16.3 Å². The van der Waals surface area contributed by atoms with Gasteiger partial charge in [-0.1, -0.05) is 19.8 Å². The molecule has 1 aromatic heterocycles. The van der Waals surface area contributed by atoms with Crippen molar-refractivity contribution >= 4 is 21.4 Å². The van der Waals surface area contributed by atoms with Gasteiger partial charge in [0.15, 0.2) is 0 Å². The highest BCUT2D eigenvalue weighted by Gasteiger charge is 2.31. The second-order valence-corrected chi connectivity index (χ2v) is 7.91. The Labute approximate surface area is 119 Å². The highest BCUT2D eigenvalue weighted by atomic mass is 32.2. The predicted molar refractivity (Wildman–Crippen MR) is 78.9 cm³/mol. The van der Waals surface area contributed by atoms with E-state index in [0.29, 0.717) is 11.4 Å². The molecular weight excluding hydrogens is 280 g/mol. The highest BCUT2D eigenvalue weighted by Crippen LogP contribution is 2.30. The Morgan fingerprint density at radius 1 is 1.42 bits per heavy atom. The van der Waals surface area contributed by atoms with E-state index >= 15 is 0 Å². The van der Waals surface area contributed by atoms with Crippen LogP contribution in [-0.4, -0.2) is 32.4 Å². The minimum absolute atomic E-state index is 0.178. The van der Waals surface area contributed by atoms with E-state index in [2.05, 4.69) is 5.32 Å². The van der Waals surface area contributed by atoms with Crippen LogP contribution in [0.4, 0.5) is 0 Å². The van der Waals surface area contributed by atoms with Crippen molar-refractivity contribution in [1.29, 1.82) is 0 Å². The molecule has 6 heteroatoms. The second-order valence-electron chi connectivity index (χ2n) is 4.95. The summed E-state index contributed by atoms with van der Waals surface area (Å²) in [5, 5.41) is 5.06. The third-order valence-electron chi connectivity index (χ3n) is 3.74. The lowest BCUT2D eigenvalue weighted by Gasteiger charge is -2.23. The summed E-state index contributed by atoms with van der Waals surface area (Å²) in [6.45, 7) is 3.49. The summed E-state index contributed by atoms with van der Waals surface area (Å²) in [5.74, 6) is 0. The summed E-state index contributed by atoms with van der Waals surface area (Å²) >= 11 is 1.51. The average molecular weight is 302 g/mol. The Kier molecular flexibility index (Phi) is 5.00. The summed E-state index contributed by atoms with van der Waals surface area (Å²) in [6, 6.07) is 1.91. The third-order valence-corrected chi connectivity index (χ3v) is 6.78. The highest BCUT2D eigenvalue weighted by molar-refractivity contribution is 7.89. The van der Waals surface area contributed by atoms with Crippen molar-refractivity contribution in [3.63, 3.8) is 0 Å². The molecule has 1 heterocycles. The van der Waals surface area contributed by atoms with Gasteiger partial charge >= 0.3 is 0 Å². The molecule has 0 bridgehead atoms. The molecule has 1 aliphatic rings. The number of nitrogens with zero attached hydrogens (tertiary/aromatic N) is 1. The van der Waals surface area contributed by atoms with E-state index < -0.39 is 10.0 Å². The first-order chi connectivity index (χ1) is 9.07. The fourth-order valence-electron chi connectivity index (χ4n) is 2.55. The van der Waals surface area contributed by atoms with Crippen LogP contribution in [0.2, 0.25) is 0 Å². The van der Waals surface area contributed by atoms with Crippen LogP contribution in [0.1, 0.15) is 37.5 Å². The summed E-state index contributed by atoms with van der Waals surface area (Å²) in [6.07, 6.45) is 4.25. The van der Waals surface area contributed by atoms with Crippen LogP contribution in [0.5, 0.6) is 0 Å². The molecule has 1 N–H and O–H groups in total. The number of hydrogen-bond acceptors (Lipinski definition) is 4. The number of hydrogen-bond donors (Lipinski definition) is 1. The van der Waals surface area contributed by atoms with Crippen molar-refractivity contribution in [3.05, 3.63) is 16.3 Å². The van der Waals surface area contributed by atoms with E-state index in [1.54, 1.807) is 17.4 Å². The molecule has 2 rings (SSSR count). The van der Waals surface area contributed by atoms with Gasteiger partial charge in [0, 0.05) is 24.5 Å². The van der Waals surface area contributed by atoms with E-state index in [-0.39, 0.29) is 6.04 Å². The largest absolute Gasteiger partial charge is 0.312 e. The van der Waals surface area contributed by atoms with Gasteiger partial charge in [-0.05, 0) is 30.8 Å². The first-order valence-corrected chi connectivity index (χ1v) is 9.14. The van der Waals surface area contributed by atoms with E-state index in [1.807, 2.05) is 12.3 Å². The third kappa shape index (κ3) is 3.18. The van der Waals surface area contributed by atoms with Crippen LogP contribution in [-0.2, 0) is 16.6 Å². The van der Waals surface area contributed by atoms with E-state index in [0.717, 1.165) is 37.1 Å². The molecule has 0 spiro atoms. The lowest BCUT2D eigenvalue weighted by molar-refractivity contribution is 0.373. The fraction of sp³-hybridized carbons (Fsp3) is 0.692. The Bertz CT molecular complexity index is 504. The maximum absolute atomic E-state index is 12.7. The number of nitrogens with one attached hydrogen (secondary N) is 1. The van der Waals surface area contributed by atoms with Crippen LogP contribution in [0, 0.1) is 0 Å². The zero-order valence-corrected chi connectivity index (χ0v) is 13.2. The van der Waals surface area contributed by atoms with Gasteiger partial charge in [-0.15, -0.1) is 11.3 Å². The number of rotatable bonds is 6. The molecule has 19 heavy (non-hydrogen) atoms. The molecule has 0 unspecified atom stereocenters. The summed E-state index contributed by atoms with van der Waals surface area (Å²) in [4.78, 5) is 1.39. The van der Waals surface area contributed by atoms with Gasteiger partial charge in [-0.3, -0.25) is 0 Å². The van der Waals surface area contributed by atoms with Gasteiger partial charge in [0.05, 0.1) is 4.90 Å². The zero-order chi connectivity index (χ0) is 13.9. The van der Waals surface area contributed by atoms with E-state index in [9.17, 15) is 8.42 Å². The molecule has 1 saturated carbocycles. The van der Waals surface area contributed by atoms with Crippen molar-refractivity contribution in [2.24, 2.45) is 0 Å². The maximum atomic E-state index is 12.7. The molecule has 108 valence electrons. The van der Waals surface area contributed by atoms with Crippen molar-refractivity contribution in [3.8, 4) is 0 Å². The fourth-order valence-corrected chi connectivity index (χ4v) is 5.34. The normalized spacial score (nSPS) is 17.4. The molecule has 4 nitrogen and oxygen atoms in total. The molecule has 0 atom stereocenters. The van der Waals surface area contributed by atoms with E-state index in [4.69, 9.17) is 0 Å². The second kappa shape index (κ2) is 6.35. The number of sulfonamides is 1. The monoisotopic (exact) mass is 302 g/mol. The minimum Gasteiger partial charge on any atom is -0.312 e. The zero-order valence-electron chi connectivity index (χ0n) is 11.6. The molecule has 0 aliphatic heterocycles. The molecular formula is C13H22N2O2S2. The Balaban J connectivity index is 2.21. The lowest BCUT2D eigenvalue weighted by Crippen LogP contribution is -2.35. The maximum Gasteiger partial charge on any atom is 0.244 e. The first-order valence-electron chi connectivity index (χ1n) is 6.82. The van der Waals surface area contributed by atoms with Crippen LogP contribution in [0.3, 0.4) is 0 Å². The van der Waals surface area contributed by atoms with Gasteiger partial charge in [0.1, 0.15) is 0 Å². The molecule has 0 aromatic carbocycles. The van der Waals surface area contributed by atoms with Gasteiger partial charge in [-0.25, -0.2) is 8.42 Å². The molecule has 1 fully saturated rings. The van der Waals surface area contributed by atoms with Gasteiger partial charge in [-0.2, -0.15) is 4.31 Å². The minimum atomic E-state index is -3.34. The Morgan fingerprint density at radius 2 is 2.11 bits per heavy atom. The SMILES string of the molecule is CCNCc1sccc1S(=O)(=O)N(C)C1CCCC1. The molecule has 0 amide bonds. The topological polar surface area (TPSA) is 49.4 Å². The Morgan fingerprint density at radius 3 is 2.74 bits per heavy atom. The van der Waals surface area contributed by atoms with Crippen molar-refractivity contribution in [2.45, 2.75) is 50.1 Å². The van der Waals surface area contributed by atoms with E-state index in [1.165, 1.54) is 11.3 Å². The average Bonchev–Trinajstić information content (AvgIpc) is 3.06. The molecule has 0 radical (unpaired) electrons.